The minimum Gasteiger partial charge on any atom is -0.269 e. The fourth-order valence-electron chi connectivity index (χ4n) is 1.77. The maximum atomic E-state index is 12.5. The van der Waals surface area contributed by atoms with Crippen LogP contribution in [0.3, 0.4) is 0 Å². The van der Waals surface area contributed by atoms with Crippen LogP contribution >= 0.6 is 15.9 Å². The van der Waals surface area contributed by atoms with Crippen molar-refractivity contribution in [3.05, 3.63) is 52.8 Å². The number of hydrogen-bond donors (Lipinski definition) is 0. The van der Waals surface area contributed by atoms with Gasteiger partial charge in [-0.15, -0.1) is 0 Å². The number of benzene rings is 1. The molecule has 1 aromatic heterocycles. The Morgan fingerprint density at radius 1 is 1.20 bits per heavy atom. The van der Waals surface area contributed by atoms with Crippen molar-refractivity contribution < 1.29 is 8.42 Å². The zero-order chi connectivity index (χ0) is 14.8. The van der Waals surface area contributed by atoms with E-state index in [2.05, 4.69) is 27.8 Å². The quantitative estimate of drug-likeness (QED) is 0.846. The molecule has 1 heterocycles. The zero-order valence-electron chi connectivity index (χ0n) is 11.2. The number of anilines is 1. The van der Waals surface area contributed by atoms with Gasteiger partial charge >= 0.3 is 0 Å². The first-order valence-electron chi connectivity index (χ1n) is 6.13. The Morgan fingerprint density at radius 2 is 1.85 bits per heavy atom. The lowest BCUT2D eigenvalue weighted by atomic mass is 10.1. The first kappa shape index (κ1) is 15.0. The van der Waals surface area contributed by atoms with Gasteiger partial charge in [0.25, 0.3) is 10.0 Å². The summed E-state index contributed by atoms with van der Waals surface area (Å²) in [5.41, 5.74) is 1.80. The van der Waals surface area contributed by atoms with E-state index < -0.39 is 10.0 Å². The minimum atomic E-state index is -3.59. The standard InChI is InChI=1S/C14H15BrN2O2S/c1-3-11-4-6-13(7-5-11)17(2)20(18,19)14-8-12(15)9-16-10-14/h4-10H,3H2,1-2H3. The van der Waals surface area contributed by atoms with E-state index in [1.807, 2.05) is 24.3 Å². The summed E-state index contributed by atoms with van der Waals surface area (Å²) in [6.07, 6.45) is 3.82. The molecule has 20 heavy (non-hydrogen) atoms. The van der Waals surface area contributed by atoms with Crippen LogP contribution < -0.4 is 4.31 Å². The third-order valence-electron chi connectivity index (χ3n) is 3.05. The van der Waals surface area contributed by atoms with Crippen LogP contribution in [0.2, 0.25) is 0 Å². The molecule has 2 rings (SSSR count). The Kier molecular flexibility index (Phi) is 4.45. The number of pyridine rings is 1. The molecule has 0 aliphatic carbocycles. The van der Waals surface area contributed by atoms with Crippen LogP contribution in [-0.2, 0) is 16.4 Å². The van der Waals surface area contributed by atoms with Gasteiger partial charge in [-0.05, 0) is 46.1 Å². The van der Waals surface area contributed by atoms with Gasteiger partial charge in [0.1, 0.15) is 4.90 Å². The van der Waals surface area contributed by atoms with Crippen molar-refractivity contribution in [1.29, 1.82) is 0 Å². The highest BCUT2D eigenvalue weighted by molar-refractivity contribution is 9.10. The van der Waals surface area contributed by atoms with E-state index in [1.165, 1.54) is 23.1 Å². The molecule has 0 aliphatic heterocycles. The predicted octanol–water partition coefficient (Wildman–Crippen LogP) is 3.23. The second-order valence-corrected chi connectivity index (χ2v) is 7.22. The number of aromatic nitrogens is 1. The Balaban J connectivity index is 2.37. The SMILES string of the molecule is CCc1ccc(N(C)S(=O)(=O)c2cncc(Br)c2)cc1. The van der Waals surface area contributed by atoms with Crippen LogP contribution in [0.15, 0.2) is 52.1 Å². The van der Waals surface area contributed by atoms with Crippen molar-refractivity contribution in [2.45, 2.75) is 18.2 Å². The highest BCUT2D eigenvalue weighted by Gasteiger charge is 2.21. The van der Waals surface area contributed by atoms with E-state index in [9.17, 15) is 8.42 Å². The molecular weight excluding hydrogens is 340 g/mol. The number of halogens is 1. The molecule has 0 saturated carbocycles. The molecule has 0 saturated heterocycles. The van der Waals surface area contributed by atoms with Crippen molar-refractivity contribution in [2.75, 3.05) is 11.4 Å². The summed E-state index contributed by atoms with van der Waals surface area (Å²) >= 11 is 3.23. The lowest BCUT2D eigenvalue weighted by Crippen LogP contribution is -2.26. The van der Waals surface area contributed by atoms with Crippen LogP contribution in [0, 0.1) is 0 Å². The molecule has 0 unspecified atom stereocenters. The topological polar surface area (TPSA) is 50.3 Å². The van der Waals surface area contributed by atoms with Crippen LogP contribution in [0.4, 0.5) is 5.69 Å². The van der Waals surface area contributed by atoms with Gasteiger partial charge in [0, 0.05) is 23.9 Å². The predicted molar refractivity (Wildman–Crippen MR) is 83.3 cm³/mol. The van der Waals surface area contributed by atoms with E-state index in [-0.39, 0.29) is 4.90 Å². The fourth-order valence-corrected chi connectivity index (χ4v) is 3.47. The Labute approximate surface area is 127 Å². The van der Waals surface area contributed by atoms with Crippen LogP contribution in [0.1, 0.15) is 12.5 Å². The molecule has 0 aliphatic rings. The molecule has 0 N–H and O–H groups in total. The molecule has 0 atom stereocenters. The van der Waals surface area contributed by atoms with Gasteiger partial charge in [-0.25, -0.2) is 8.42 Å². The number of aryl methyl sites for hydroxylation is 1. The van der Waals surface area contributed by atoms with E-state index >= 15 is 0 Å². The van der Waals surface area contributed by atoms with E-state index in [4.69, 9.17) is 0 Å². The summed E-state index contributed by atoms with van der Waals surface area (Å²) in [7, 11) is -2.05. The maximum Gasteiger partial charge on any atom is 0.265 e. The van der Waals surface area contributed by atoms with Gasteiger partial charge in [-0.1, -0.05) is 19.1 Å². The average molecular weight is 355 g/mol. The molecule has 0 bridgehead atoms. The van der Waals surface area contributed by atoms with Gasteiger partial charge in [-0.2, -0.15) is 0 Å². The number of rotatable bonds is 4. The third kappa shape index (κ3) is 3.02. The first-order valence-corrected chi connectivity index (χ1v) is 8.37. The zero-order valence-corrected chi connectivity index (χ0v) is 13.6. The normalized spacial score (nSPS) is 11.3. The van der Waals surface area contributed by atoms with Crippen molar-refractivity contribution >= 4 is 31.6 Å². The monoisotopic (exact) mass is 354 g/mol. The summed E-state index contributed by atoms with van der Waals surface area (Å²) in [6.45, 7) is 2.06. The first-order chi connectivity index (χ1) is 9.45. The average Bonchev–Trinajstić information content (AvgIpc) is 2.46. The van der Waals surface area contributed by atoms with Gasteiger partial charge in [0.05, 0.1) is 5.69 Å². The third-order valence-corrected chi connectivity index (χ3v) is 5.23. The number of sulfonamides is 1. The summed E-state index contributed by atoms with van der Waals surface area (Å²) in [5.74, 6) is 0. The van der Waals surface area contributed by atoms with E-state index in [1.54, 1.807) is 12.3 Å². The molecule has 6 heteroatoms. The highest BCUT2D eigenvalue weighted by Crippen LogP contribution is 2.23. The molecule has 2 aromatic rings. The Hall–Kier alpha value is -1.40. The van der Waals surface area contributed by atoms with E-state index in [0.29, 0.717) is 10.2 Å². The molecule has 4 nitrogen and oxygen atoms in total. The van der Waals surface area contributed by atoms with Gasteiger partial charge in [-0.3, -0.25) is 9.29 Å². The lowest BCUT2D eigenvalue weighted by molar-refractivity contribution is 0.594. The van der Waals surface area contributed by atoms with Crippen molar-refractivity contribution in [3.63, 3.8) is 0 Å². The summed E-state index contributed by atoms with van der Waals surface area (Å²) in [4.78, 5) is 4.06. The molecule has 0 radical (unpaired) electrons. The second-order valence-electron chi connectivity index (χ2n) is 4.33. The minimum absolute atomic E-state index is 0.161. The van der Waals surface area contributed by atoms with Crippen LogP contribution in [-0.4, -0.2) is 20.4 Å². The second kappa shape index (κ2) is 5.93. The van der Waals surface area contributed by atoms with Crippen LogP contribution in [0.25, 0.3) is 0 Å². The van der Waals surface area contributed by atoms with Crippen molar-refractivity contribution in [1.82, 2.24) is 4.98 Å². The van der Waals surface area contributed by atoms with Crippen molar-refractivity contribution in [3.8, 4) is 0 Å². The summed E-state index contributed by atoms with van der Waals surface area (Å²) in [5, 5.41) is 0. The van der Waals surface area contributed by atoms with Crippen LogP contribution in [0.5, 0.6) is 0 Å². The molecule has 1 aromatic carbocycles. The smallest absolute Gasteiger partial charge is 0.265 e. The Bertz CT molecular complexity index is 699. The fraction of sp³-hybridized carbons (Fsp3) is 0.214. The molecular formula is C14H15BrN2O2S. The van der Waals surface area contributed by atoms with E-state index in [0.717, 1.165) is 6.42 Å². The highest BCUT2D eigenvalue weighted by atomic mass is 79.9. The largest absolute Gasteiger partial charge is 0.269 e. The molecule has 0 fully saturated rings. The van der Waals surface area contributed by atoms with Gasteiger partial charge in [0.2, 0.25) is 0 Å². The van der Waals surface area contributed by atoms with Gasteiger partial charge < -0.3 is 0 Å². The molecule has 106 valence electrons. The molecule has 0 amide bonds. The lowest BCUT2D eigenvalue weighted by Gasteiger charge is -2.19. The van der Waals surface area contributed by atoms with Gasteiger partial charge in [0.15, 0.2) is 0 Å². The Morgan fingerprint density at radius 3 is 2.40 bits per heavy atom. The maximum absolute atomic E-state index is 12.5. The number of nitrogens with zero attached hydrogens (tertiary/aromatic N) is 2. The molecule has 0 spiro atoms. The van der Waals surface area contributed by atoms with Crippen molar-refractivity contribution in [2.24, 2.45) is 0 Å². The summed E-state index contributed by atoms with van der Waals surface area (Å²) < 4.78 is 26.9. The number of hydrogen-bond acceptors (Lipinski definition) is 3. The summed E-state index contributed by atoms with van der Waals surface area (Å²) in [6, 6.07) is 9.02.